The lowest BCUT2D eigenvalue weighted by molar-refractivity contribution is 0.0500. The third kappa shape index (κ3) is 8.22. The van der Waals surface area contributed by atoms with Crippen molar-refractivity contribution in [2.24, 2.45) is 0 Å². The number of fused-ring (bicyclic) bond motifs is 1. The monoisotopic (exact) mass is 679 g/mol. The largest absolute Gasteiger partial charge is 0.444 e. The van der Waals surface area contributed by atoms with Crippen molar-refractivity contribution in [2.75, 3.05) is 24.6 Å². The van der Waals surface area contributed by atoms with Crippen LogP contribution in [0.5, 0.6) is 0 Å². The van der Waals surface area contributed by atoms with Crippen molar-refractivity contribution >= 4 is 46.8 Å². The Kier molecular flexibility index (Phi) is 9.71. The van der Waals surface area contributed by atoms with Crippen LogP contribution in [-0.4, -0.2) is 70.2 Å². The number of amides is 1. The SMILES string of the molecule is CC(C)(C)OC(=O)NC1CCCN(c2nc(-c3nn(COCC[Si](C)(C)C)c4cnc(-c5cccnc5)cc34)ccc2Br)C1. The molecule has 1 aliphatic heterocycles. The molecular formula is C32H42BrN7O3Si. The van der Waals surface area contributed by atoms with Gasteiger partial charge in [-0.25, -0.2) is 14.5 Å². The number of alkyl carbamates (subject to hydrolysis) is 1. The molecular weight excluding hydrogens is 638 g/mol. The number of rotatable bonds is 9. The van der Waals surface area contributed by atoms with Gasteiger partial charge >= 0.3 is 6.09 Å². The van der Waals surface area contributed by atoms with E-state index in [0.717, 1.165) is 69.3 Å². The Labute approximate surface area is 268 Å². The van der Waals surface area contributed by atoms with Gasteiger partial charge in [-0.05, 0) is 85.9 Å². The van der Waals surface area contributed by atoms with Gasteiger partial charge in [0, 0.05) is 57.2 Å². The normalized spacial score (nSPS) is 15.9. The molecule has 1 unspecified atom stereocenters. The van der Waals surface area contributed by atoms with Gasteiger partial charge in [0.05, 0.1) is 27.6 Å². The van der Waals surface area contributed by atoms with Crippen molar-refractivity contribution in [3.8, 4) is 22.6 Å². The highest BCUT2D eigenvalue weighted by molar-refractivity contribution is 9.10. The van der Waals surface area contributed by atoms with Crippen molar-refractivity contribution in [3.63, 3.8) is 0 Å². The Hall–Kier alpha value is -3.35. The summed E-state index contributed by atoms with van der Waals surface area (Å²) in [6.45, 7) is 15.1. The number of nitrogens with zero attached hydrogens (tertiary/aromatic N) is 6. The van der Waals surface area contributed by atoms with Crippen LogP contribution in [0, 0.1) is 0 Å². The Balaban J connectivity index is 1.46. The van der Waals surface area contributed by atoms with Gasteiger partial charge in [-0.2, -0.15) is 5.10 Å². The Morgan fingerprint density at radius 1 is 1.16 bits per heavy atom. The van der Waals surface area contributed by atoms with Crippen molar-refractivity contribution in [2.45, 2.75) is 77.7 Å². The summed E-state index contributed by atoms with van der Waals surface area (Å²) >= 11 is 3.73. The predicted molar refractivity (Wildman–Crippen MR) is 180 cm³/mol. The molecule has 1 aliphatic rings. The van der Waals surface area contributed by atoms with Crippen LogP contribution in [0.1, 0.15) is 33.6 Å². The molecule has 0 aromatic carbocycles. The molecule has 44 heavy (non-hydrogen) atoms. The summed E-state index contributed by atoms with van der Waals surface area (Å²) in [5.41, 5.74) is 3.59. The van der Waals surface area contributed by atoms with Gasteiger partial charge in [0.15, 0.2) is 0 Å². The first-order valence-corrected chi connectivity index (χ1v) is 19.6. The minimum atomic E-state index is -1.22. The molecule has 4 aromatic heterocycles. The fraction of sp³-hybridized carbons (Fsp3) is 0.469. The van der Waals surface area contributed by atoms with E-state index in [1.54, 1.807) is 6.20 Å². The first-order chi connectivity index (χ1) is 20.9. The number of carbonyl (C=O) groups is 1. The summed E-state index contributed by atoms with van der Waals surface area (Å²) in [4.78, 5) is 28.8. The van der Waals surface area contributed by atoms with E-state index in [-0.39, 0.29) is 6.04 Å². The standard InChI is InChI=1S/C32H42BrN7O3Si/c1-32(2,3)43-31(41)36-23-10-8-14-39(20-23)30-25(33)11-12-26(37-30)29-24-17-27(22-9-7-13-34-18-22)35-19-28(24)40(38-29)21-42-15-16-44(4,5)6/h7,9,11-13,17-19,23H,8,10,14-16,20-21H2,1-6H3,(H,36,41). The van der Waals surface area contributed by atoms with Gasteiger partial charge in [-0.15, -0.1) is 0 Å². The molecule has 4 aromatic rings. The molecule has 1 N–H and O–H groups in total. The highest BCUT2D eigenvalue weighted by atomic mass is 79.9. The van der Waals surface area contributed by atoms with Gasteiger partial charge in [-0.3, -0.25) is 9.97 Å². The second kappa shape index (κ2) is 13.3. The van der Waals surface area contributed by atoms with Crippen LogP contribution < -0.4 is 10.2 Å². The average molecular weight is 681 g/mol. The smallest absolute Gasteiger partial charge is 0.407 e. The summed E-state index contributed by atoms with van der Waals surface area (Å²) in [7, 11) is -1.22. The highest BCUT2D eigenvalue weighted by Crippen LogP contribution is 2.34. The average Bonchev–Trinajstić information content (AvgIpc) is 3.32. The fourth-order valence-corrected chi connectivity index (χ4v) is 6.34. The zero-order valence-electron chi connectivity index (χ0n) is 26.4. The van der Waals surface area contributed by atoms with Gasteiger partial charge in [-0.1, -0.05) is 19.6 Å². The second-order valence-corrected chi connectivity index (χ2v) is 19.9. The predicted octanol–water partition coefficient (Wildman–Crippen LogP) is 7.12. The molecule has 1 fully saturated rings. The van der Waals surface area contributed by atoms with E-state index < -0.39 is 19.8 Å². The minimum Gasteiger partial charge on any atom is -0.444 e. The molecule has 1 amide bonds. The van der Waals surface area contributed by atoms with E-state index in [0.29, 0.717) is 19.9 Å². The van der Waals surface area contributed by atoms with Crippen molar-refractivity contribution in [1.82, 2.24) is 30.0 Å². The van der Waals surface area contributed by atoms with Crippen molar-refractivity contribution in [1.29, 1.82) is 0 Å². The lowest BCUT2D eigenvalue weighted by Crippen LogP contribution is -2.49. The summed E-state index contributed by atoms with van der Waals surface area (Å²) in [5.74, 6) is 0.814. The van der Waals surface area contributed by atoms with Crippen LogP contribution in [-0.2, 0) is 16.2 Å². The number of halogens is 1. The van der Waals surface area contributed by atoms with E-state index in [9.17, 15) is 4.79 Å². The first-order valence-electron chi connectivity index (χ1n) is 15.1. The maximum atomic E-state index is 12.5. The molecule has 5 heterocycles. The number of hydrogen-bond donors (Lipinski definition) is 1. The number of ether oxygens (including phenoxy) is 2. The molecule has 234 valence electrons. The van der Waals surface area contributed by atoms with Crippen molar-refractivity contribution in [3.05, 3.63) is 53.4 Å². The van der Waals surface area contributed by atoms with Crippen LogP contribution >= 0.6 is 15.9 Å². The molecule has 1 atom stereocenters. The Morgan fingerprint density at radius 3 is 2.70 bits per heavy atom. The summed E-state index contributed by atoms with van der Waals surface area (Å²) in [6.07, 6.45) is 6.83. The molecule has 0 bridgehead atoms. The molecule has 10 nitrogen and oxygen atoms in total. The maximum Gasteiger partial charge on any atom is 0.407 e. The molecule has 12 heteroatoms. The molecule has 5 rings (SSSR count). The number of pyridine rings is 3. The quantitative estimate of drug-likeness (QED) is 0.147. The molecule has 0 aliphatic carbocycles. The topological polar surface area (TPSA) is 107 Å². The highest BCUT2D eigenvalue weighted by Gasteiger charge is 2.27. The van der Waals surface area contributed by atoms with E-state index in [1.165, 1.54) is 0 Å². The van der Waals surface area contributed by atoms with Crippen LogP contribution in [0.4, 0.5) is 10.6 Å². The molecule has 0 spiro atoms. The minimum absolute atomic E-state index is 0.0441. The molecule has 0 radical (unpaired) electrons. The first kappa shape index (κ1) is 32.1. The second-order valence-electron chi connectivity index (χ2n) is 13.5. The number of nitrogens with one attached hydrogen (secondary N) is 1. The zero-order chi connectivity index (χ0) is 31.5. The van der Waals surface area contributed by atoms with E-state index >= 15 is 0 Å². The van der Waals surface area contributed by atoms with Crippen LogP contribution in [0.15, 0.2) is 53.4 Å². The number of anilines is 1. The van der Waals surface area contributed by atoms with E-state index in [1.807, 2.05) is 62.1 Å². The van der Waals surface area contributed by atoms with Gasteiger partial charge in [0.2, 0.25) is 0 Å². The number of aromatic nitrogens is 5. The summed E-state index contributed by atoms with van der Waals surface area (Å²) in [6, 6.07) is 11.0. The van der Waals surface area contributed by atoms with Gasteiger partial charge < -0.3 is 19.7 Å². The van der Waals surface area contributed by atoms with Gasteiger partial charge in [0.1, 0.15) is 23.8 Å². The van der Waals surface area contributed by atoms with E-state index in [4.69, 9.17) is 24.5 Å². The van der Waals surface area contributed by atoms with Gasteiger partial charge in [0.25, 0.3) is 0 Å². The summed E-state index contributed by atoms with van der Waals surface area (Å²) in [5, 5.41) is 8.99. The lowest BCUT2D eigenvalue weighted by Gasteiger charge is -2.35. The third-order valence-corrected chi connectivity index (χ3v) is 9.64. The number of carbonyl (C=O) groups excluding carboxylic acids is 1. The van der Waals surface area contributed by atoms with Crippen LogP contribution in [0.25, 0.3) is 33.5 Å². The number of piperidine rings is 1. The lowest BCUT2D eigenvalue weighted by atomic mass is 10.1. The summed E-state index contributed by atoms with van der Waals surface area (Å²) < 4.78 is 14.4. The van der Waals surface area contributed by atoms with Crippen LogP contribution in [0.3, 0.4) is 0 Å². The molecule has 0 saturated carbocycles. The maximum absolute atomic E-state index is 12.5. The fourth-order valence-electron chi connectivity index (χ4n) is 5.11. The Bertz CT molecular complexity index is 1600. The molecule has 1 saturated heterocycles. The number of hydrogen-bond acceptors (Lipinski definition) is 8. The Morgan fingerprint density at radius 2 is 1.98 bits per heavy atom. The zero-order valence-corrected chi connectivity index (χ0v) is 29.0. The van der Waals surface area contributed by atoms with Crippen LogP contribution in [0.2, 0.25) is 25.7 Å². The van der Waals surface area contributed by atoms with Crippen molar-refractivity contribution < 1.29 is 14.3 Å². The van der Waals surface area contributed by atoms with E-state index in [2.05, 4.69) is 56.8 Å². The third-order valence-electron chi connectivity index (χ3n) is 7.32.